The summed E-state index contributed by atoms with van der Waals surface area (Å²) in [6.07, 6.45) is 4.36. The Bertz CT molecular complexity index is 1490. The van der Waals surface area contributed by atoms with Gasteiger partial charge in [0, 0.05) is 6.20 Å². The highest BCUT2D eigenvalue weighted by Gasteiger charge is 2.20. The Kier molecular flexibility index (Phi) is 4.93. The number of hydrogen-bond donors (Lipinski definition) is 2. The van der Waals surface area contributed by atoms with Gasteiger partial charge in [-0.15, -0.1) is 0 Å². The van der Waals surface area contributed by atoms with Gasteiger partial charge in [0.25, 0.3) is 5.56 Å². The second-order valence-corrected chi connectivity index (χ2v) is 7.89. The van der Waals surface area contributed by atoms with Crippen molar-refractivity contribution >= 4 is 27.8 Å². The maximum absolute atomic E-state index is 13.7. The van der Waals surface area contributed by atoms with Crippen LogP contribution >= 0.6 is 0 Å². The van der Waals surface area contributed by atoms with Crippen LogP contribution in [0.5, 0.6) is 0 Å². The summed E-state index contributed by atoms with van der Waals surface area (Å²) in [5.41, 5.74) is 4.23. The van der Waals surface area contributed by atoms with E-state index in [1.165, 1.54) is 6.33 Å². The van der Waals surface area contributed by atoms with Crippen LogP contribution < -0.4 is 10.9 Å². The quantitative estimate of drug-likeness (QED) is 0.427. The minimum atomic E-state index is -0.287. The molecule has 0 aliphatic carbocycles. The molecular formula is C25H24N6O. The number of fused-ring (bicyclic) bond motifs is 2. The molecule has 7 heteroatoms. The van der Waals surface area contributed by atoms with Crippen LogP contribution in [0.2, 0.25) is 0 Å². The fourth-order valence-corrected chi connectivity index (χ4v) is 4.21. The second-order valence-electron chi connectivity index (χ2n) is 7.89. The third kappa shape index (κ3) is 3.22. The largest absolute Gasteiger partial charge is 0.360 e. The Hall–Kier alpha value is -4.00. The summed E-state index contributed by atoms with van der Waals surface area (Å²) < 4.78 is 1.70. The molecule has 7 nitrogen and oxygen atoms in total. The molecule has 0 fully saturated rings. The number of aromatic amines is 1. The van der Waals surface area contributed by atoms with E-state index in [2.05, 4.69) is 27.2 Å². The molecule has 3 heterocycles. The van der Waals surface area contributed by atoms with Crippen LogP contribution in [-0.4, -0.2) is 24.5 Å². The summed E-state index contributed by atoms with van der Waals surface area (Å²) in [5.74, 6) is 1.35. The maximum atomic E-state index is 13.7. The first-order valence-electron chi connectivity index (χ1n) is 10.7. The number of H-pyrrole nitrogens is 1. The molecular weight excluding hydrogens is 400 g/mol. The molecule has 1 atom stereocenters. The number of nitrogens with zero attached hydrogens (tertiary/aromatic N) is 4. The monoisotopic (exact) mass is 424 g/mol. The standard InChI is InChI=1S/C25H24N6O/c1-4-17-13-26-22-21(17)23(28-14-27-22)29-16(3)24-30-19-12-8-9-15(2)20(19)25(32)31(24)18-10-6-5-7-11-18/h5-14,16H,4H2,1-3H3,(H2,26,27,28,29). The summed E-state index contributed by atoms with van der Waals surface area (Å²) in [6.45, 7) is 6.04. The summed E-state index contributed by atoms with van der Waals surface area (Å²) in [7, 11) is 0. The van der Waals surface area contributed by atoms with Crippen LogP contribution in [0.1, 0.15) is 36.8 Å². The van der Waals surface area contributed by atoms with E-state index in [-0.39, 0.29) is 11.6 Å². The lowest BCUT2D eigenvalue weighted by Gasteiger charge is -2.21. The number of nitrogens with one attached hydrogen (secondary N) is 2. The lowest BCUT2D eigenvalue weighted by Crippen LogP contribution is -2.27. The second kappa shape index (κ2) is 7.92. The Morgan fingerprint density at radius 1 is 1.06 bits per heavy atom. The Morgan fingerprint density at radius 3 is 2.66 bits per heavy atom. The SMILES string of the molecule is CCc1c[nH]c2ncnc(NC(C)c3nc4cccc(C)c4c(=O)n3-c3ccccc3)c12. The molecule has 5 aromatic rings. The number of anilines is 1. The molecule has 1 unspecified atom stereocenters. The van der Waals surface area contributed by atoms with Crippen LogP contribution in [0.25, 0.3) is 27.6 Å². The molecule has 2 N–H and O–H groups in total. The van der Waals surface area contributed by atoms with Crippen molar-refractivity contribution in [3.05, 3.63) is 88.4 Å². The van der Waals surface area contributed by atoms with Gasteiger partial charge in [0.15, 0.2) is 0 Å². The molecule has 0 aliphatic heterocycles. The first kappa shape index (κ1) is 19.9. The summed E-state index contributed by atoms with van der Waals surface area (Å²) >= 11 is 0. The van der Waals surface area contributed by atoms with Gasteiger partial charge in [-0.1, -0.05) is 37.3 Å². The minimum absolute atomic E-state index is 0.0772. The zero-order chi connectivity index (χ0) is 22.2. The third-order valence-electron chi connectivity index (χ3n) is 5.82. The van der Waals surface area contributed by atoms with Crippen LogP contribution in [0.3, 0.4) is 0 Å². The van der Waals surface area contributed by atoms with E-state index in [1.54, 1.807) is 4.57 Å². The van der Waals surface area contributed by atoms with Crippen molar-refractivity contribution < 1.29 is 0 Å². The molecule has 160 valence electrons. The zero-order valence-electron chi connectivity index (χ0n) is 18.3. The van der Waals surface area contributed by atoms with Crippen molar-refractivity contribution in [2.24, 2.45) is 0 Å². The van der Waals surface area contributed by atoms with Gasteiger partial charge in [0.05, 0.1) is 28.0 Å². The lowest BCUT2D eigenvalue weighted by atomic mass is 10.1. The Labute approximate surface area is 185 Å². The van der Waals surface area contributed by atoms with Crippen LogP contribution in [0.15, 0.2) is 65.8 Å². The number of para-hydroxylation sites is 1. The number of hydrogen-bond acceptors (Lipinski definition) is 5. The van der Waals surface area contributed by atoms with Crippen LogP contribution in [0.4, 0.5) is 5.82 Å². The molecule has 5 rings (SSSR count). The van der Waals surface area contributed by atoms with E-state index in [4.69, 9.17) is 4.98 Å². The van der Waals surface area contributed by atoms with E-state index < -0.39 is 0 Å². The van der Waals surface area contributed by atoms with Crippen molar-refractivity contribution in [3.63, 3.8) is 0 Å². The molecule has 0 amide bonds. The fourth-order valence-electron chi connectivity index (χ4n) is 4.21. The molecule has 0 aliphatic rings. The third-order valence-corrected chi connectivity index (χ3v) is 5.82. The number of benzene rings is 2. The van der Waals surface area contributed by atoms with Gasteiger partial charge in [-0.05, 0) is 49.6 Å². The Morgan fingerprint density at radius 2 is 1.88 bits per heavy atom. The fraction of sp³-hybridized carbons (Fsp3) is 0.200. The van der Waals surface area contributed by atoms with Crippen molar-refractivity contribution in [3.8, 4) is 5.69 Å². The lowest BCUT2D eigenvalue weighted by molar-refractivity contribution is 0.731. The van der Waals surface area contributed by atoms with E-state index >= 15 is 0 Å². The van der Waals surface area contributed by atoms with E-state index in [0.29, 0.717) is 16.7 Å². The van der Waals surface area contributed by atoms with Gasteiger partial charge in [0.2, 0.25) is 0 Å². The van der Waals surface area contributed by atoms with E-state index in [1.807, 2.05) is 68.6 Å². The van der Waals surface area contributed by atoms with Crippen molar-refractivity contribution in [1.82, 2.24) is 24.5 Å². The summed E-state index contributed by atoms with van der Waals surface area (Å²) in [5, 5.41) is 5.09. The van der Waals surface area contributed by atoms with Gasteiger partial charge in [-0.3, -0.25) is 9.36 Å². The van der Waals surface area contributed by atoms with Crippen molar-refractivity contribution in [2.75, 3.05) is 5.32 Å². The number of aromatic nitrogens is 5. The van der Waals surface area contributed by atoms with E-state index in [9.17, 15) is 4.79 Å². The predicted octanol–water partition coefficient (Wildman–Crippen LogP) is 4.70. The van der Waals surface area contributed by atoms with Crippen molar-refractivity contribution in [1.29, 1.82) is 0 Å². The van der Waals surface area contributed by atoms with Gasteiger partial charge in [-0.25, -0.2) is 15.0 Å². The maximum Gasteiger partial charge on any atom is 0.266 e. The topological polar surface area (TPSA) is 88.5 Å². The van der Waals surface area contributed by atoms with Gasteiger partial charge >= 0.3 is 0 Å². The molecule has 0 spiro atoms. The first-order valence-corrected chi connectivity index (χ1v) is 10.7. The first-order chi connectivity index (χ1) is 15.6. The van der Waals surface area contributed by atoms with E-state index in [0.717, 1.165) is 40.1 Å². The Balaban J connectivity index is 1.70. The molecule has 0 bridgehead atoms. The highest BCUT2D eigenvalue weighted by atomic mass is 16.1. The number of rotatable bonds is 5. The summed E-state index contributed by atoms with van der Waals surface area (Å²) in [4.78, 5) is 30.6. The smallest absolute Gasteiger partial charge is 0.266 e. The molecule has 0 radical (unpaired) electrons. The average Bonchev–Trinajstić information content (AvgIpc) is 3.24. The highest BCUT2D eigenvalue weighted by molar-refractivity contribution is 5.90. The molecule has 0 saturated heterocycles. The molecule has 3 aromatic heterocycles. The van der Waals surface area contributed by atoms with Gasteiger partial charge < -0.3 is 10.3 Å². The minimum Gasteiger partial charge on any atom is -0.360 e. The van der Waals surface area contributed by atoms with Crippen LogP contribution in [0, 0.1) is 6.92 Å². The van der Waals surface area contributed by atoms with Crippen molar-refractivity contribution in [2.45, 2.75) is 33.2 Å². The molecule has 0 saturated carbocycles. The molecule has 2 aromatic carbocycles. The summed E-state index contributed by atoms with van der Waals surface area (Å²) in [6, 6.07) is 15.1. The zero-order valence-corrected chi connectivity index (χ0v) is 18.3. The predicted molar refractivity (Wildman–Crippen MR) is 127 cm³/mol. The van der Waals surface area contributed by atoms with Gasteiger partial charge in [0.1, 0.15) is 23.6 Å². The normalized spacial score (nSPS) is 12.3. The van der Waals surface area contributed by atoms with Crippen LogP contribution in [-0.2, 0) is 6.42 Å². The molecule has 32 heavy (non-hydrogen) atoms. The average molecular weight is 425 g/mol. The van der Waals surface area contributed by atoms with Gasteiger partial charge in [-0.2, -0.15) is 0 Å². The number of aryl methyl sites for hydroxylation is 2. The highest BCUT2D eigenvalue weighted by Crippen LogP contribution is 2.28.